The van der Waals surface area contributed by atoms with Gasteiger partial charge in [0.1, 0.15) is 6.61 Å². The Bertz CT molecular complexity index is 1030. The quantitative estimate of drug-likeness (QED) is 0.0346. The average molecular weight is 869 g/mol. The minimum absolute atomic E-state index is 0.0687. The van der Waals surface area contributed by atoms with Crippen molar-refractivity contribution in [1.82, 2.24) is 0 Å². The van der Waals surface area contributed by atoms with Gasteiger partial charge in [0.05, 0.1) is 6.61 Å². The molecule has 0 rings (SSSR count). The van der Waals surface area contributed by atoms with Crippen molar-refractivity contribution in [1.29, 1.82) is 0 Å². The van der Waals surface area contributed by atoms with E-state index in [1.165, 1.54) is 173 Å². The number of rotatable bonds is 50. The fourth-order valence-electron chi connectivity index (χ4n) is 7.86. The molecule has 0 aromatic carbocycles. The Hall–Kier alpha value is -2.14. The molecule has 0 saturated heterocycles. The van der Waals surface area contributed by atoms with E-state index in [9.17, 15) is 9.59 Å². The van der Waals surface area contributed by atoms with Gasteiger partial charge in [0, 0.05) is 19.4 Å². The molecule has 0 aliphatic rings. The second-order valence-corrected chi connectivity index (χ2v) is 18.1. The molecule has 0 saturated carbocycles. The van der Waals surface area contributed by atoms with Crippen molar-refractivity contribution >= 4 is 11.9 Å². The molecule has 1 atom stereocenters. The lowest BCUT2D eigenvalue weighted by atomic mass is 10.0. The Morgan fingerprint density at radius 1 is 0.371 bits per heavy atom. The molecule has 0 N–H and O–H groups in total. The number of carbonyl (C=O) groups excluding carboxylic acids is 2. The molecule has 0 aromatic heterocycles. The molecule has 0 aliphatic carbocycles. The van der Waals surface area contributed by atoms with E-state index in [0.29, 0.717) is 19.4 Å². The van der Waals surface area contributed by atoms with E-state index in [1.54, 1.807) is 0 Å². The third-order valence-electron chi connectivity index (χ3n) is 11.9. The molecule has 0 spiro atoms. The zero-order chi connectivity index (χ0) is 44.9. The van der Waals surface area contributed by atoms with E-state index in [4.69, 9.17) is 14.2 Å². The number of allylic oxidation sites excluding steroid dienone is 8. The summed E-state index contributed by atoms with van der Waals surface area (Å²) < 4.78 is 17.4. The second-order valence-electron chi connectivity index (χ2n) is 18.1. The molecule has 0 fully saturated rings. The molecule has 5 nitrogen and oxygen atoms in total. The Labute approximate surface area is 386 Å². The van der Waals surface area contributed by atoms with Crippen LogP contribution in [0.4, 0.5) is 0 Å². The van der Waals surface area contributed by atoms with Gasteiger partial charge in [-0.15, -0.1) is 0 Å². The minimum atomic E-state index is -0.548. The van der Waals surface area contributed by atoms with Gasteiger partial charge in [-0.1, -0.05) is 256 Å². The maximum absolute atomic E-state index is 12.8. The normalized spacial score (nSPS) is 12.5. The van der Waals surface area contributed by atoms with Gasteiger partial charge in [-0.3, -0.25) is 9.59 Å². The largest absolute Gasteiger partial charge is 0.462 e. The maximum atomic E-state index is 12.8. The van der Waals surface area contributed by atoms with Crippen molar-refractivity contribution in [3.05, 3.63) is 48.6 Å². The summed E-state index contributed by atoms with van der Waals surface area (Å²) in [5.74, 6) is -0.430. The molecule has 0 amide bonds. The lowest BCUT2D eigenvalue weighted by Gasteiger charge is -2.18. The van der Waals surface area contributed by atoms with Crippen LogP contribution < -0.4 is 0 Å². The number of carbonyl (C=O) groups is 2. The van der Waals surface area contributed by atoms with Crippen LogP contribution in [-0.2, 0) is 23.8 Å². The first-order chi connectivity index (χ1) is 30.6. The topological polar surface area (TPSA) is 61.8 Å². The summed E-state index contributed by atoms with van der Waals surface area (Å²) in [4.78, 5) is 25.4. The Morgan fingerprint density at radius 3 is 1.16 bits per heavy atom. The predicted molar refractivity (Wildman–Crippen MR) is 270 cm³/mol. The molecule has 1 unspecified atom stereocenters. The van der Waals surface area contributed by atoms with Crippen molar-refractivity contribution in [2.75, 3.05) is 19.8 Å². The molecule has 0 radical (unpaired) electrons. The predicted octanol–water partition coefficient (Wildman–Crippen LogP) is 18.3. The monoisotopic (exact) mass is 869 g/mol. The summed E-state index contributed by atoms with van der Waals surface area (Å²) in [5.41, 5.74) is 0. The first-order valence-corrected chi connectivity index (χ1v) is 27.2. The number of esters is 2. The van der Waals surface area contributed by atoms with E-state index >= 15 is 0 Å². The van der Waals surface area contributed by atoms with Crippen LogP contribution in [0.15, 0.2) is 48.6 Å². The van der Waals surface area contributed by atoms with Crippen LogP contribution in [0.2, 0.25) is 0 Å². The van der Waals surface area contributed by atoms with Gasteiger partial charge in [0.2, 0.25) is 0 Å². The van der Waals surface area contributed by atoms with Crippen molar-refractivity contribution < 1.29 is 23.8 Å². The van der Waals surface area contributed by atoms with Crippen LogP contribution in [0, 0.1) is 0 Å². The highest BCUT2D eigenvalue weighted by molar-refractivity contribution is 5.70. The van der Waals surface area contributed by atoms with Crippen molar-refractivity contribution in [3.63, 3.8) is 0 Å². The van der Waals surface area contributed by atoms with E-state index in [1.807, 2.05) is 0 Å². The maximum Gasteiger partial charge on any atom is 0.306 e. The molecule has 62 heavy (non-hydrogen) atoms. The van der Waals surface area contributed by atoms with Crippen molar-refractivity contribution in [2.24, 2.45) is 0 Å². The molecular formula is C57H104O5. The third kappa shape index (κ3) is 50.5. The summed E-state index contributed by atoms with van der Waals surface area (Å²) in [6.45, 7) is 7.72. The molecule has 0 aromatic rings. The van der Waals surface area contributed by atoms with E-state index < -0.39 is 6.10 Å². The molecular weight excluding hydrogens is 765 g/mol. The van der Waals surface area contributed by atoms with Crippen LogP contribution in [0.5, 0.6) is 0 Å². The smallest absolute Gasteiger partial charge is 0.306 e. The molecule has 0 aliphatic heterocycles. The first kappa shape index (κ1) is 59.9. The number of ether oxygens (including phenoxy) is 3. The summed E-state index contributed by atoms with van der Waals surface area (Å²) in [6, 6.07) is 0. The zero-order valence-electron chi connectivity index (χ0n) is 41.6. The van der Waals surface area contributed by atoms with Crippen LogP contribution in [0.25, 0.3) is 0 Å². The van der Waals surface area contributed by atoms with E-state index in [2.05, 4.69) is 69.4 Å². The van der Waals surface area contributed by atoms with Gasteiger partial charge in [-0.05, 0) is 57.8 Å². The summed E-state index contributed by atoms with van der Waals surface area (Å²) in [5, 5.41) is 0. The SMILES string of the molecule is CC/C=C\C/C=C\C/C=C\C/C=C\CCCCC(=O)OCC(COCCCCCCCCCCCCCCCCCC)OC(=O)CCCCCCCCCCCCCCCCC. The minimum Gasteiger partial charge on any atom is -0.462 e. The number of hydrogen-bond acceptors (Lipinski definition) is 5. The van der Waals surface area contributed by atoms with Crippen LogP contribution in [0.3, 0.4) is 0 Å². The van der Waals surface area contributed by atoms with Gasteiger partial charge in [-0.25, -0.2) is 0 Å². The zero-order valence-corrected chi connectivity index (χ0v) is 41.6. The summed E-state index contributed by atoms with van der Waals surface area (Å²) >= 11 is 0. The first-order valence-electron chi connectivity index (χ1n) is 27.2. The lowest BCUT2D eigenvalue weighted by molar-refractivity contribution is -0.163. The number of hydrogen-bond donors (Lipinski definition) is 0. The fraction of sp³-hybridized carbons (Fsp3) is 0.825. The second kappa shape index (κ2) is 53.2. The van der Waals surface area contributed by atoms with Crippen LogP contribution >= 0.6 is 0 Å². The highest BCUT2D eigenvalue weighted by atomic mass is 16.6. The van der Waals surface area contributed by atoms with Gasteiger partial charge in [0.15, 0.2) is 6.10 Å². The van der Waals surface area contributed by atoms with Crippen molar-refractivity contribution in [3.8, 4) is 0 Å². The molecule has 5 heteroatoms. The summed E-state index contributed by atoms with van der Waals surface area (Å²) in [7, 11) is 0. The van der Waals surface area contributed by atoms with Crippen LogP contribution in [0.1, 0.15) is 278 Å². The molecule has 0 bridgehead atoms. The summed E-state index contributed by atoms with van der Waals surface area (Å²) in [6.07, 6.45) is 65.5. The average Bonchev–Trinajstić information content (AvgIpc) is 3.27. The van der Waals surface area contributed by atoms with E-state index in [-0.39, 0.29) is 25.2 Å². The van der Waals surface area contributed by atoms with E-state index in [0.717, 1.165) is 70.6 Å². The number of unbranched alkanes of at least 4 members (excludes halogenated alkanes) is 31. The lowest BCUT2D eigenvalue weighted by Crippen LogP contribution is -2.30. The van der Waals surface area contributed by atoms with Gasteiger partial charge < -0.3 is 14.2 Å². The Kier molecular flexibility index (Phi) is 51.4. The van der Waals surface area contributed by atoms with Crippen molar-refractivity contribution in [2.45, 2.75) is 284 Å². The van der Waals surface area contributed by atoms with Crippen LogP contribution in [-0.4, -0.2) is 37.9 Å². The fourth-order valence-corrected chi connectivity index (χ4v) is 7.86. The van der Waals surface area contributed by atoms with Gasteiger partial charge in [0.25, 0.3) is 0 Å². The van der Waals surface area contributed by atoms with Gasteiger partial charge in [-0.2, -0.15) is 0 Å². The third-order valence-corrected chi connectivity index (χ3v) is 11.9. The highest BCUT2D eigenvalue weighted by Crippen LogP contribution is 2.16. The molecule has 362 valence electrons. The molecule has 0 heterocycles. The standard InChI is InChI=1S/C57H104O5/c1-4-7-10-13-16-19-22-25-28-31-34-37-40-43-46-49-52-60-53-55(62-57(59)51-48-45-42-39-36-33-30-27-24-21-18-15-12-9-6-3)54-61-56(58)50-47-44-41-38-35-32-29-26-23-20-17-14-11-8-5-2/h8,11,17,20,26,29,35,38,55H,4-7,9-10,12-16,18-19,21-25,27-28,30-34,36-37,39-54H2,1-3H3/b11-8-,20-17-,29-26-,38-35-. The Balaban J connectivity index is 4.29. The highest BCUT2D eigenvalue weighted by Gasteiger charge is 2.17. The van der Waals surface area contributed by atoms with Gasteiger partial charge >= 0.3 is 11.9 Å². The Morgan fingerprint density at radius 2 is 0.726 bits per heavy atom.